The first-order chi connectivity index (χ1) is 11.9. The quantitative estimate of drug-likeness (QED) is 0.507. The normalized spacial score (nSPS) is 17.3. The van der Waals surface area contributed by atoms with Gasteiger partial charge in [-0.05, 0) is 44.0 Å². The first-order valence-electron chi connectivity index (χ1n) is 8.26. The van der Waals surface area contributed by atoms with Crippen molar-refractivity contribution in [3.8, 4) is 0 Å². The van der Waals surface area contributed by atoms with Crippen LogP contribution in [0.2, 0.25) is 0 Å². The van der Waals surface area contributed by atoms with Crippen molar-refractivity contribution >= 4 is 28.2 Å². The third kappa shape index (κ3) is 4.54. The largest absolute Gasteiger partial charge is 0.465 e. The van der Waals surface area contributed by atoms with E-state index in [4.69, 9.17) is 9.47 Å². The standard InChI is InChI=1S/C17H24FNO5S.ClH/c1-3-24-16(20)17(8-10-19(11-9-17)12-13-23-2)25(21,22)15-6-4-14(18)5-7-15;/h4-7H,3,8-13H2,1-2H3;1H. The van der Waals surface area contributed by atoms with Gasteiger partial charge in [-0.15, -0.1) is 12.4 Å². The number of hydrogen-bond donors (Lipinski definition) is 0. The molecule has 0 spiro atoms. The molecule has 1 fully saturated rings. The van der Waals surface area contributed by atoms with Crippen LogP contribution < -0.4 is 0 Å². The molecular weight excluding hydrogens is 385 g/mol. The predicted molar refractivity (Wildman–Crippen MR) is 97.7 cm³/mol. The van der Waals surface area contributed by atoms with Crippen molar-refractivity contribution in [1.82, 2.24) is 4.90 Å². The van der Waals surface area contributed by atoms with Crippen molar-refractivity contribution in [3.63, 3.8) is 0 Å². The van der Waals surface area contributed by atoms with Gasteiger partial charge in [-0.3, -0.25) is 4.79 Å². The Balaban J connectivity index is 0.00000338. The molecule has 6 nitrogen and oxygen atoms in total. The molecule has 1 heterocycles. The Morgan fingerprint density at radius 2 is 1.81 bits per heavy atom. The van der Waals surface area contributed by atoms with E-state index in [1.165, 1.54) is 12.1 Å². The molecule has 0 N–H and O–H groups in total. The molecule has 148 valence electrons. The number of likely N-dealkylation sites (tertiary alicyclic amines) is 1. The second-order valence-electron chi connectivity index (χ2n) is 6.01. The molecule has 26 heavy (non-hydrogen) atoms. The van der Waals surface area contributed by atoms with Crippen molar-refractivity contribution in [2.75, 3.05) is 40.0 Å². The summed E-state index contributed by atoms with van der Waals surface area (Å²) < 4.78 is 48.0. The van der Waals surface area contributed by atoms with E-state index in [0.717, 1.165) is 12.1 Å². The second kappa shape index (κ2) is 9.64. The average Bonchev–Trinajstić information content (AvgIpc) is 2.60. The summed E-state index contributed by atoms with van der Waals surface area (Å²) in [7, 11) is -2.40. The number of nitrogens with zero attached hydrogens (tertiary/aromatic N) is 1. The molecule has 1 aliphatic rings. The molecule has 0 radical (unpaired) electrons. The average molecular weight is 410 g/mol. The van der Waals surface area contributed by atoms with Crippen LogP contribution >= 0.6 is 12.4 Å². The van der Waals surface area contributed by atoms with Gasteiger partial charge in [-0.2, -0.15) is 0 Å². The van der Waals surface area contributed by atoms with Gasteiger partial charge in [0.05, 0.1) is 18.1 Å². The van der Waals surface area contributed by atoms with Gasteiger partial charge >= 0.3 is 5.97 Å². The highest BCUT2D eigenvalue weighted by molar-refractivity contribution is 7.93. The summed E-state index contributed by atoms with van der Waals surface area (Å²) in [4.78, 5) is 14.6. The second-order valence-corrected chi connectivity index (χ2v) is 8.27. The van der Waals surface area contributed by atoms with E-state index in [-0.39, 0.29) is 36.8 Å². The predicted octanol–water partition coefficient (Wildman–Crippen LogP) is 2.07. The topological polar surface area (TPSA) is 72.9 Å². The zero-order chi connectivity index (χ0) is 18.5. The Bertz CT molecular complexity index is 688. The van der Waals surface area contributed by atoms with E-state index in [9.17, 15) is 17.6 Å². The molecule has 0 saturated carbocycles. The Morgan fingerprint density at radius 3 is 2.31 bits per heavy atom. The number of rotatable bonds is 7. The molecule has 1 aromatic carbocycles. The van der Waals surface area contributed by atoms with Gasteiger partial charge in [0.1, 0.15) is 5.82 Å². The van der Waals surface area contributed by atoms with Gasteiger partial charge in [-0.1, -0.05) is 0 Å². The van der Waals surface area contributed by atoms with Crippen LogP contribution in [-0.4, -0.2) is 64.0 Å². The van der Waals surface area contributed by atoms with Gasteiger partial charge in [0.15, 0.2) is 14.6 Å². The third-order valence-corrected chi connectivity index (χ3v) is 7.06. The molecule has 0 amide bonds. The van der Waals surface area contributed by atoms with Gasteiger partial charge in [-0.25, -0.2) is 12.8 Å². The lowest BCUT2D eigenvalue weighted by atomic mass is 9.95. The number of esters is 1. The summed E-state index contributed by atoms with van der Waals surface area (Å²) >= 11 is 0. The summed E-state index contributed by atoms with van der Waals surface area (Å²) in [6, 6.07) is 4.56. The number of hydrogen-bond acceptors (Lipinski definition) is 6. The first-order valence-corrected chi connectivity index (χ1v) is 9.74. The molecule has 0 aromatic heterocycles. The number of carbonyl (C=O) groups excluding carboxylic acids is 1. The van der Waals surface area contributed by atoms with Crippen molar-refractivity contribution in [3.05, 3.63) is 30.1 Å². The number of ether oxygens (including phenoxy) is 2. The minimum absolute atomic E-state index is 0. The van der Waals surface area contributed by atoms with Gasteiger partial charge in [0, 0.05) is 26.7 Å². The smallest absolute Gasteiger partial charge is 0.327 e. The molecule has 0 aliphatic carbocycles. The number of halogens is 2. The van der Waals surface area contributed by atoms with Crippen LogP contribution in [0.3, 0.4) is 0 Å². The maximum Gasteiger partial charge on any atom is 0.327 e. The Labute approximate surface area is 160 Å². The lowest BCUT2D eigenvalue weighted by Gasteiger charge is -2.39. The summed E-state index contributed by atoms with van der Waals surface area (Å²) in [6.45, 7) is 3.85. The van der Waals surface area contributed by atoms with Crippen LogP contribution in [0.4, 0.5) is 4.39 Å². The number of benzene rings is 1. The van der Waals surface area contributed by atoms with E-state index in [0.29, 0.717) is 26.2 Å². The van der Waals surface area contributed by atoms with Gasteiger partial charge in [0.25, 0.3) is 0 Å². The summed E-state index contributed by atoms with van der Waals surface area (Å²) in [5, 5.41) is 0. The molecule has 1 aliphatic heterocycles. The highest BCUT2D eigenvalue weighted by Crippen LogP contribution is 2.37. The zero-order valence-corrected chi connectivity index (χ0v) is 16.6. The van der Waals surface area contributed by atoms with Crippen molar-refractivity contribution in [2.24, 2.45) is 0 Å². The Kier molecular flexibility index (Phi) is 8.46. The maximum absolute atomic E-state index is 13.2. The van der Waals surface area contributed by atoms with Crippen LogP contribution in [0.25, 0.3) is 0 Å². The van der Waals surface area contributed by atoms with Gasteiger partial charge in [0.2, 0.25) is 0 Å². The lowest BCUT2D eigenvalue weighted by Crippen LogP contribution is -2.55. The van der Waals surface area contributed by atoms with E-state index >= 15 is 0 Å². The fourth-order valence-electron chi connectivity index (χ4n) is 3.04. The van der Waals surface area contributed by atoms with Crippen LogP contribution in [0, 0.1) is 5.82 Å². The molecule has 2 rings (SSSR count). The van der Waals surface area contributed by atoms with Crippen LogP contribution in [0.1, 0.15) is 19.8 Å². The number of sulfone groups is 1. The summed E-state index contributed by atoms with van der Waals surface area (Å²) in [5.41, 5.74) is 0. The zero-order valence-electron chi connectivity index (χ0n) is 14.9. The maximum atomic E-state index is 13.2. The number of carbonyl (C=O) groups is 1. The molecular formula is C17H25ClFNO5S. The summed E-state index contributed by atoms with van der Waals surface area (Å²) in [5.74, 6) is -1.26. The van der Waals surface area contributed by atoms with E-state index < -0.39 is 26.4 Å². The molecule has 1 aromatic rings. The lowest BCUT2D eigenvalue weighted by molar-refractivity contribution is -0.147. The van der Waals surface area contributed by atoms with Crippen LogP contribution in [0.5, 0.6) is 0 Å². The molecule has 1 saturated heterocycles. The fourth-order valence-corrected chi connectivity index (χ4v) is 4.99. The molecule has 9 heteroatoms. The minimum atomic E-state index is -4.00. The number of methoxy groups -OCH3 is 1. The van der Waals surface area contributed by atoms with Crippen LogP contribution in [0.15, 0.2) is 29.2 Å². The van der Waals surface area contributed by atoms with E-state index in [1.54, 1.807) is 14.0 Å². The van der Waals surface area contributed by atoms with E-state index in [2.05, 4.69) is 4.90 Å². The summed E-state index contributed by atoms with van der Waals surface area (Å²) in [6.07, 6.45) is 0.268. The third-order valence-electron chi connectivity index (χ3n) is 4.56. The molecule has 0 bridgehead atoms. The highest BCUT2D eigenvalue weighted by atomic mass is 35.5. The van der Waals surface area contributed by atoms with Crippen molar-refractivity contribution in [2.45, 2.75) is 29.4 Å². The first kappa shape index (κ1) is 22.8. The Hall–Kier alpha value is -1.22. The Morgan fingerprint density at radius 1 is 1.23 bits per heavy atom. The number of piperidine rings is 1. The monoisotopic (exact) mass is 409 g/mol. The minimum Gasteiger partial charge on any atom is -0.465 e. The van der Waals surface area contributed by atoms with Crippen LogP contribution in [-0.2, 0) is 24.1 Å². The fraction of sp³-hybridized carbons (Fsp3) is 0.588. The molecule has 0 unspecified atom stereocenters. The SMILES string of the molecule is CCOC(=O)C1(S(=O)(=O)c2ccc(F)cc2)CCN(CCOC)CC1.Cl. The van der Waals surface area contributed by atoms with Gasteiger partial charge < -0.3 is 14.4 Å². The van der Waals surface area contributed by atoms with Crippen molar-refractivity contribution < 1.29 is 27.1 Å². The van der Waals surface area contributed by atoms with Crippen molar-refractivity contribution in [1.29, 1.82) is 0 Å². The molecule has 0 atom stereocenters. The van der Waals surface area contributed by atoms with E-state index in [1.807, 2.05) is 0 Å². The highest BCUT2D eigenvalue weighted by Gasteiger charge is 2.54.